The zero-order valence-corrected chi connectivity index (χ0v) is 16.2. The van der Waals surface area contributed by atoms with Crippen molar-refractivity contribution in [2.45, 2.75) is 6.54 Å². The standard InChI is InChI=1S/C20H24FN3O4/c1-24(12-14-4-9-17(27-2)18(10-14)28-3)13-20(26)22-11-19(25)23-16-7-5-15(21)6-8-16/h4-10H,11-13H2,1-3H3,(H,22,26)(H,23,25)/p+1. The molecule has 0 fully saturated rings. The molecule has 2 amide bonds. The Morgan fingerprint density at radius 3 is 2.32 bits per heavy atom. The number of nitrogens with one attached hydrogen (secondary N) is 3. The zero-order chi connectivity index (χ0) is 20.5. The van der Waals surface area contributed by atoms with Crippen molar-refractivity contribution in [3.05, 3.63) is 53.8 Å². The lowest BCUT2D eigenvalue weighted by Crippen LogP contribution is -3.08. The first-order valence-electron chi connectivity index (χ1n) is 8.75. The molecule has 1 unspecified atom stereocenters. The molecule has 1 atom stereocenters. The molecule has 2 rings (SSSR count). The summed E-state index contributed by atoms with van der Waals surface area (Å²) in [5.74, 6) is 0.278. The molecule has 150 valence electrons. The number of benzene rings is 2. The molecule has 0 spiro atoms. The number of methoxy groups -OCH3 is 2. The van der Waals surface area contributed by atoms with Crippen LogP contribution in [0, 0.1) is 5.82 Å². The number of hydrogen-bond donors (Lipinski definition) is 3. The van der Waals surface area contributed by atoms with Gasteiger partial charge in [0.2, 0.25) is 5.91 Å². The van der Waals surface area contributed by atoms with E-state index in [1.165, 1.54) is 24.3 Å². The fourth-order valence-corrected chi connectivity index (χ4v) is 2.66. The zero-order valence-electron chi connectivity index (χ0n) is 16.2. The van der Waals surface area contributed by atoms with E-state index in [0.717, 1.165) is 10.5 Å². The summed E-state index contributed by atoms with van der Waals surface area (Å²) in [6.07, 6.45) is 0. The minimum atomic E-state index is -0.383. The highest BCUT2D eigenvalue weighted by atomic mass is 19.1. The summed E-state index contributed by atoms with van der Waals surface area (Å²) in [6, 6.07) is 11.0. The van der Waals surface area contributed by atoms with Gasteiger partial charge in [0.15, 0.2) is 18.0 Å². The molecule has 3 N–H and O–H groups in total. The molecule has 0 aliphatic heterocycles. The summed E-state index contributed by atoms with van der Waals surface area (Å²) in [4.78, 5) is 24.9. The molecule has 0 bridgehead atoms. The van der Waals surface area contributed by atoms with Crippen molar-refractivity contribution in [1.29, 1.82) is 0 Å². The van der Waals surface area contributed by atoms with Crippen molar-refractivity contribution in [2.75, 3.05) is 39.7 Å². The van der Waals surface area contributed by atoms with Crippen LogP contribution < -0.4 is 25.0 Å². The predicted octanol–water partition coefficient (Wildman–Crippen LogP) is 0.613. The number of hydrogen-bond acceptors (Lipinski definition) is 4. The maximum Gasteiger partial charge on any atom is 0.275 e. The highest BCUT2D eigenvalue weighted by Gasteiger charge is 2.13. The minimum Gasteiger partial charge on any atom is -0.493 e. The quantitative estimate of drug-likeness (QED) is 0.586. The van der Waals surface area contributed by atoms with Gasteiger partial charge in [-0.2, -0.15) is 0 Å². The van der Waals surface area contributed by atoms with Gasteiger partial charge in [0.25, 0.3) is 5.91 Å². The van der Waals surface area contributed by atoms with Gasteiger partial charge in [0, 0.05) is 11.3 Å². The third kappa shape index (κ3) is 6.55. The van der Waals surface area contributed by atoms with Gasteiger partial charge < -0.3 is 25.0 Å². The fraction of sp³-hybridized carbons (Fsp3) is 0.300. The van der Waals surface area contributed by atoms with Crippen LogP contribution in [-0.2, 0) is 16.1 Å². The summed E-state index contributed by atoms with van der Waals surface area (Å²) >= 11 is 0. The first-order valence-corrected chi connectivity index (χ1v) is 8.75. The maximum atomic E-state index is 12.9. The van der Waals surface area contributed by atoms with E-state index in [-0.39, 0.29) is 30.7 Å². The molecule has 0 saturated heterocycles. The van der Waals surface area contributed by atoms with Gasteiger partial charge >= 0.3 is 0 Å². The van der Waals surface area contributed by atoms with E-state index in [1.807, 2.05) is 25.2 Å². The van der Waals surface area contributed by atoms with Crippen molar-refractivity contribution < 1.29 is 28.4 Å². The third-order valence-electron chi connectivity index (χ3n) is 3.99. The van der Waals surface area contributed by atoms with Crippen LogP contribution in [0.1, 0.15) is 5.56 Å². The number of carbonyl (C=O) groups excluding carboxylic acids is 2. The Balaban J connectivity index is 1.77. The van der Waals surface area contributed by atoms with Crippen LogP contribution in [0.2, 0.25) is 0 Å². The van der Waals surface area contributed by atoms with E-state index >= 15 is 0 Å². The number of halogens is 1. The maximum absolute atomic E-state index is 12.9. The normalized spacial score (nSPS) is 11.4. The molecule has 2 aromatic rings. The van der Waals surface area contributed by atoms with E-state index in [4.69, 9.17) is 9.47 Å². The lowest BCUT2D eigenvalue weighted by molar-refractivity contribution is -0.885. The molecule has 0 aromatic heterocycles. The lowest BCUT2D eigenvalue weighted by atomic mass is 10.2. The van der Waals surface area contributed by atoms with E-state index in [2.05, 4.69) is 10.6 Å². The Bertz CT molecular complexity index is 812. The molecule has 0 heterocycles. The van der Waals surface area contributed by atoms with Gasteiger partial charge in [0.05, 0.1) is 27.8 Å². The fourth-order valence-electron chi connectivity index (χ4n) is 2.66. The Morgan fingerprint density at radius 2 is 1.68 bits per heavy atom. The number of carbonyl (C=O) groups is 2. The monoisotopic (exact) mass is 390 g/mol. The number of quaternary nitrogens is 1. The summed E-state index contributed by atoms with van der Waals surface area (Å²) in [5, 5.41) is 5.17. The first kappa shape index (κ1) is 21.2. The van der Waals surface area contributed by atoms with Gasteiger partial charge in [-0.15, -0.1) is 0 Å². The second-order valence-corrected chi connectivity index (χ2v) is 6.33. The van der Waals surface area contributed by atoms with Crippen molar-refractivity contribution in [1.82, 2.24) is 5.32 Å². The Morgan fingerprint density at radius 1 is 1.00 bits per heavy atom. The average molecular weight is 390 g/mol. The van der Waals surface area contributed by atoms with Crippen molar-refractivity contribution in [2.24, 2.45) is 0 Å². The topological polar surface area (TPSA) is 81.1 Å². The summed E-state index contributed by atoms with van der Waals surface area (Å²) < 4.78 is 23.3. The van der Waals surface area contributed by atoms with Crippen LogP contribution in [0.3, 0.4) is 0 Å². The van der Waals surface area contributed by atoms with Gasteiger partial charge in [-0.3, -0.25) is 9.59 Å². The van der Waals surface area contributed by atoms with Gasteiger partial charge in [0.1, 0.15) is 12.4 Å². The summed E-state index contributed by atoms with van der Waals surface area (Å²) in [5.41, 5.74) is 1.47. The smallest absolute Gasteiger partial charge is 0.275 e. The molecule has 7 nitrogen and oxygen atoms in total. The number of likely N-dealkylation sites (N-methyl/N-ethyl adjacent to an activating group) is 1. The van der Waals surface area contributed by atoms with Crippen LogP contribution in [-0.4, -0.2) is 46.2 Å². The van der Waals surface area contributed by atoms with Crippen molar-refractivity contribution in [3.63, 3.8) is 0 Å². The Kier molecular flexibility index (Phi) is 7.76. The summed E-state index contributed by atoms with van der Waals surface area (Å²) in [6.45, 7) is 0.660. The highest BCUT2D eigenvalue weighted by Crippen LogP contribution is 2.27. The SMILES string of the molecule is COc1ccc(C[NH+](C)CC(=O)NCC(=O)Nc2ccc(F)cc2)cc1OC. The van der Waals surface area contributed by atoms with E-state index < -0.39 is 0 Å². The Labute approximate surface area is 163 Å². The predicted molar refractivity (Wildman–Crippen MR) is 103 cm³/mol. The molecule has 0 radical (unpaired) electrons. The molecule has 2 aromatic carbocycles. The van der Waals surface area contributed by atoms with Crippen molar-refractivity contribution >= 4 is 17.5 Å². The van der Waals surface area contributed by atoms with Gasteiger partial charge in [-0.05, 0) is 42.5 Å². The first-order chi connectivity index (χ1) is 13.4. The van der Waals surface area contributed by atoms with E-state index in [1.54, 1.807) is 14.2 Å². The van der Waals surface area contributed by atoms with Crippen LogP contribution in [0.4, 0.5) is 10.1 Å². The average Bonchev–Trinajstić information content (AvgIpc) is 2.68. The number of ether oxygens (including phenoxy) is 2. The van der Waals surface area contributed by atoms with Crippen LogP contribution in [0.15, 0.2) is 42.5 Å². The molecule has 0 aliphatic carbocycles. The van der Waals surface area contributed by atoms with Crippen LogP contribution in [0.5, 0.6) is 11.5 Å². The molecular formula is C20H25FN3O4+. The van der Waals surface area contributed by atoms with E-state index in [0.29, 0.717) is 23.7 Å². The summed E-state index contributed by atoms with van der Waals surface area (Å²) in [7, 11) is 5.03. The lowest BCUT2D eigenvalue weighted by Gasteiger charge is -2.15. The third-order valence-corrected chi connectivity index (χ3v) is 3.99. The van der Waals surface area contributed by atoms with Crippen LogP contribution in [0.25, 0.3) is 0 Å². The van der Waals surface area contributed by atoms with E-state index in [9.17, 15) is 14.0 Å². The Hall–Kier alpha value is -3.13. The molecule has 8 heteroatoms. The minimum absolute atomic E-state index is 0.153. The number of rotatable bonds is 9. The molecular weight excluding hydrogens is 365 g/mol. The van der Waals surface area contributed by atoms with Gasteiger partial charge in [-0.1, -0.05) is 0 Å². The molecule has 0 saturated carbocycles. The van der Waals surface area contributed by atoms with Crippen molar-refractivity contribution in [3.8, 4) is 11.5 Å². The highest BCUT2D eigenvalue weighted by molar-refractivity contribution is 5.94. The second kappa shape index (κ2) is 10.3. The number of anilines is 1. The van der Waals surface area contributed by atoms with Crippen LogP contribution >= 0.6 is 0 Å². The van der Waals surface area contributed by atoms with Gasteiger partial charge in [-0.25, -0.2) is 4.39 Å². The molecule has 28 heavy (non-hydrogen) atoms. The number of amides is 2. The largest absolute Gasteiger partial charge is 0.493 e. The molecule has 0 aliphatic rings. The second-order valence-electron chi connectivity index (χ2n) is 6.33.